The number of H-pyrrole nitrogens is 1. The lowest BCUT2D eigenvalue weighted by atomic mass is 9.99. The highest BCUT2D eigenvalue weighted by molar-refractivity contribution is 7.91. The quantitative estimate of drug-likeness (QED) is 0.690. The minimum atomic E-state index is -3.62. The van der Waals surface area contributed by atoms with Gasteiger partial charge in [0.05, 0.1) is 6.54 Å². The molecule has 27 heavy (non-hydrogen) atoms. The summed E-state index contributed by atoms with van der Waals surface area (Å²) < 4.78 is 26.9. The highest BCUT2D eigenvalue weighted by atomic mass is 32.2. The zero-order valence-corrected chi connectivity index (χ0v) is 16.1. The first-order chi connectivity index (χ1) is 13.0. The average Bonchev–Trinajstić information content (AvgIpc) is 3.37. The SMILES string of the molecule is O=C(CNS(=O)(=O)c1cccs1)N1CC=C(c2c[nH]c3ccccc23)CC1. The molecule has 0 bridgehead atoms. The zero-order valence-electron chi connectivity index (χ0n) is 14.5. The van der Waals surface area contributed by atoms with E-state index in [1.54, 1.807) is 16.3 Å². The second-order valence-electron chi connectivity index (χ2n) is 6.32. The molecule has 0 radical (unpaired) electrons. The summed E-state index contributed by atoms with van der Waals surface area (Å²) in [6.45, 7) is 0.829. The number of aromatic nitrogens is 1. The number of rotatable bonds is 5. The number of fused-ring (bicyclic) bond motifs is 1. The Balaban J connectivity index is 1.40. The summed E-state index contributed by atoms with van der Waals surface area (Å²) in [6.07, 6.45) is 4.79. The van der Waals surface area contributed by atoms with E-state index < -0.39 is 10.0 Å². The van der Waals surface area contributed by atoms with E-state index >= 15 is 0 Å². The van der Waals surface area contributed by atoms with Gasteiger partial charge in [0.25, 0.3) is 10.0 Å². The van der Waals surface area contributed by atoms with E-state index in [0.29, 0.717) is 13.1 Å². The molecule has 4 rings (SSSR count). The smallest absolute Gasteiger partial charge is 0.250 e. The molecule has 0 atom stereocenters. The fraction of sp³-hybridized carbons (Fsp3) is 0.211. The van der Waals surface area contributed by atoms with Crippen LogP contribution in [0.25, 0.3) is 16.5 Å². The lowest BCUT2D eigenvalue weighted by Crippen LogP contribution is -2.41. The standard InChI is InChI=1S/C19H19N3O3S2/c23-18(13-21-27(24,25)19-6-3-11-26-19)22-9-7-14(8-10-22)16-12-20-17-5-2-1-4-15(16)17/h1-7,11-12,20-21H,8-10,13H2. The number of nitrogens with one attached hydrogen (secondary N) is 2. The van der Waals surface area contributed by atoms with Crippen LogP contribution < -0.4 is 4.72 Å². The van der Waals surface area contributed by atoms with Crippen molar-refractivity contribution in [1.29, 1.82) is 0 Å². The Morgan fingerprint density at radius 2 is 2.07 bits per heavy atom. The number of carbonyl (C=O) groups is 1. The molecule has 2 aromatic heterocycles. The van der Waals surface area contributed by atoms with Crippen LogP contribution in [0.3, 0.4) is 0 Å². The maximum Gasteiger partial charge on any atom is 0.250 e. The van der Waals surface area contributed by atoms with E-state index in [2.05, 4.69) is 15.8 Å². The highest BCUT2D eigenvalue weighted by Gasteiger charge is 2.22. The Hall–Kier alpha value is -2.42. The number of benzene rings is 1. The molecule has 1 aromatic carbocycles. The first-order valence-electron chi connectivity index (χ1n) is 8.61. The summed E-state index contributed by atoms with van der Waals surface area (Å²) in [7, 11) is -3.62. The second kappa shape index (κ2) is 7.30. The molecule has 0 aliphatic carbocycles. The molecule has 1 aliphatic rings. The zero-order chi connectivity index (χ0) is 18.9. The third-order valence-electron chi connectivity index (χ3n) is 4.67. The van der Waals surface area contributed by atoms with Crippen molar-refractivity contribution in [2.24, 2.45) is 0 Å². The van der Waals surface area contributed by atoms with Crippen molar-refractivity contribution in [3.05, 3.63) is 59.6 Å². The summed E-state index contributed by atoms with van der Waals surface area (Å²) in [4.78, 5) is 17.3. The van der Waals surface area contributed by atoms with Crippen molar-refractivity contribution >= 4 is 43.7 Å². The van der Waals surface area contributed by atoms with Crippen molar-refractivity contribution in [1.82, 2.24) is 14.6 Å². The molecule has 140 valence electrons. The number of amides is 1. The predicted molar refractivity (Wildman–Crippen MR) is 107 cm³/mol. The van der Waals surface area contributed by atoms with Crippen LogP contribution in [-0.2, 0) is 14.8 Å². The summed E-state index contributed by atoms with van der Waals surface area (Å²) >= 11 is 1.13. The van der Waals surface area contributed by atoms with E-state index in [1.165, 1.54) is 17.0 Å². The van der Waals surface area contributed by atoms with Gasteiger partial charge < -0.3 is 9.88 Å². The van der Waals surface area contributed by atoms with Crippen LogP contribution in [0.2, 0.25) is 0 Å². The number of nitrogens with zero attached hydrogens (tertiary/aromatic N) is 1. The van der Waals surface area contributed by atoms with Gasteiger partial charge in [0.1, 0.15) is 4.21 Å². The maximum absolute atomic E-state index is 12.4. The van der Waals surface area contributed by atoms with E-state index in [0.717, 1.165) is 28.8 Å². The normalized spacial score (nSPS) is 15.1. The van der Waals surface area contributed by atoms with Crippen molar-refractivity contribution < 1.29 is 13.2 Å². The van der Waals surface area contributed by atoms with Crippen molar-refractivity contribution in [3.63, 3.8) is 0 Å². The van der Waals surface area contributed by atoms with Crippen molar-refractivity contribution in [3.8, 4) is 0 Å². The molecule has 6 nitrogen and oxygen atoms in total. The molecular weight excluding hydrogens is 382 g/mol. The van der Waals surface area contributed by atoms with Crippen molar-refractivity contribution in [2.75, 3.05) is 19.6 Å². The minimum absolute atomic E-state index is 0.218. The lowest BCUT2D eigenvalue weighted by Gasteiger charge is -2.26. The van der Waals surface area contributed by atoms with Gasteiger partial charge in [0.15, 0.2) is 0 Å². The molecule has 1 amide bonds. The first-order valence-corrected chi connectivity index (χ1v) is 11.0. The van der Waals surface area contributed by atoms with Crippen LogP contribution in [0.4, 0.5) is 0 Å². The Bertz CT molecular complexity index is 1100. The van der Waals surface area contributed by atoms with Crippen molar-refractivity contribution in [2.45, 2.75) is 10.6 Å². The lowest BCUT2D eigenvalue weighted by molar-refractivity contribution is -0.129. The minimum Gasteiger partial charge on any atom is -0.361 e. The number of hydrogen-bond acceptors (Lipinski definition) is 4. The van der Waals surface area contributed by atoms with Gasteiger partial charge in [-0.05, 0) is 29.5 Å². The highest BCUT2D eigenvalue weighted by Crippen LogP contribution is 2.29. The van der Waals surface area contributed by atoms with Crippen LogP contribution >= 0.6 is 11.3 Å². The third-order valence-corrected chi connectivity index (χ3v) is 7.47. The molecule has 3 heterocycles. The number of carbonyl (C=O) groups excluding carboxylic acids is 1. The monoisotopic (exact) mass is 401 g/mol. The van der Waals surface area contributed by atoms with E-state index in [4.69, 9.17) is 0 Å². The van der Waals surface area contributed by atoms with E-state index in [1.807, 2.05) is 30.5 Å². The van der Waals surface area contributed by atoms with Crippen LogP contribution in [0, 0.1) is 0 Å². The number of aromatic amines is 1. The van der Waals surface area contributed by atoms with Gasteiger partial charge in [0, 0.05) is 35.8 Å². The third kappa shape index (κ3) is 3.69. The largest absolute Gasteiger partial charge is 0.361 e. The van der Waals surface area contributed by atoms with Gasteiger partial charge in [-0.3, -0.25) is 4.79 Å². The number of thiophene rings is 1. The van der Waals surface area contributed by atoms with Gasteiger partial charge >= 0.3 is 0 Å². The summed E-state index contributed by atoms with van der Waals surface area (Å²) in [6, 6.07) is 11.3. The summed E-state index contributed by atoms with van der Waals surface area (Å²) in [5.41, 5.74) is 3.46. The topological polar surface area (TPSA) is 82.3 Å². The fourth-order valence-electron chi connectivity index (χ4n) is 3.23. The van der Waals surface area contributed by atoms with Crippen LogP contribution in [0.5, 0.6) is 0 Å². The summed E-state index contributed by atoms with van der Waals surface area (Å²) in [5, 5.41) is 2.87. The Labute approximate surface area is 161 Å². The molecule has 0 spiro atoms. The molecule has 0 saturated carbocycles. The Kier molecular flexibility index (Phi) is 4.86. The number of para-hydroxylation sites is 1. The molecule has 3 aromatic rings. The summed E-state index contributed by atoms with van der Waals surface area (Å²) in [5.74, 6) is -0.218. The van der Waals surface area contributed by atoms with Gasteiger partial charge in [-0.15, -0.1) is 11.3 Å². The number of hydrogen-bond donors (Lipinski definition) is 2. The second-order valence-corrected chi connectivity index (χ2v) is 9.27. The maximum atomic E-state index is 12.4. The van der Waals surface area contributed by atoms with E-state index in [9.17, 15) is 13.2 Å². The van der Waals surface area contributed by atoms with Crippen LogP contribution in [0.1, 0.15) is 12.0 Å². The molecule has 0 fully saturated rings. The van der Waals surface area contributed by atoms with Gasteiger partial charge in [-0.25, -0.2) is 13.1 Å². The van der Waals surface area contributed by atoms with Gasteiger partial charge in [-0.2, -0.15) is 0 Å². The van der Waals surface area contributed by atoms with Crippen LogP contribution in [-0.4, -0.2) is 43.8 Å². The van der Waals surface area contributed by atoms with E-state index in [-0.39, 0.29) is 16.7 Å². The molecule has 8 heteroatoms. The molecule has 2 N–H and O–H groups in total. The Morgan fingerprint density at radius 1 is 1.22 bits per heavy atom. The number of sulfonamides is 1. The van der Waals surface area contributed by atoms with Gasteiger partial charge in [-0.1, -0.05) is 30.3 Å². The Morgan fingerprint density at radius 3 is 2.81 bits per heavy atom. The van der Waals surface area contributed by atoms with Crippen LogP contribution in [0.15, 0.2) is 58.3 Å². The molecule has 0 unspecified atom stereocenters. The molecule has 1 aliphatic heterocycles. The average molecular weight is 402 g/mol. The molecule has 0 saturated heterocycles. The molecular formula is C19H19N3O3S2. The van der Waals surface area contributed by atoms with Gasteiger partial charge in [0.2, 0.25) is 5.91 Å². The predicted octanol–water partition coefficient (Wildman–Crippen LogP) is 2.82. The first kappa shape index (κ1) is 18.0. The fourth-order valence-corrected chi connectivity index (χ4v) is 5.25.